The average Bonchev–Trinajstić information content (AvgIpc) is 2.65. The number of aliphatic carboxylic acids is 1. The first-order chi connectivity index (χ1) is 12.8. The predicted molar refractivity (Wildman–Crippen MR) is 105 cm³/mol. The zero-order valence-corrected chi connectivity index (χ0v) is 16.6. The SMILES string of the molecule is CC1=C(C)C[C@@H](C(=O)O)[C@@H](C(=O)N2CCN(Cc3ccc(C)cc3)CC2)C1. The molecule has 0 spiro atoms. The third-order valence-electron chi connectivity index (χ3n) is 6.11. The van der Waals surface area contributed by atoms with E-state index in [0.717, 1.165) is 25.2 Å². The van der Waals surface area contributed by atoms with Gasteiger partial charge in [-0.3, -0.25) is 14.5 Å². The minimum atomic E-state index is -0.849. The predicted octanol–water partition coefficient (Wildman–Crippen LogP) is 3.09. The van der Waals surface area contributed by atoms with Gasteiger partial charge in [0.1, 0.15) is 0 Å². The van der Waals surface area contributed by atoms with Crippen LogP contribution in [0.4, 0.5) is 0 Å². The Morgan fingerprint density at radius 3 is 2.04 bits per heavy atom. The van der Waals surface area contributed by atoms with Crippen molar-refractivity contribution >= 4 is 11.9 Å². The normalized spacial score (nSPS) is 24.2. The van der Waals surface area contributed by atoms with Gasteiger partial charge in [0.15, 0.2) is 0 Å². The molecular weight excluding hydrogens is 340 g/mol. The quantitative estimate of drug-likeness (QED) is 0.828. The summed E-state index contributed by atoms with van der Waals surface area (Å²) in [4.78, 5) is 29.0. The van der Waals surface area contributed by atoms with Crippen molar-refractivity contribution in [3.05, 3.63) is 46.5 Å². The molecule has 1 heterocycles. The van der Waals surface area contributed by atoms with Crippen LogP contribution in [0.5, 0.6) is 0 Å². The van der Waals surface area contributed by atoms with Gasteiger partial charge in [0.2, 0.25) is 5.91 Å². The standard InChI is InChI=1S/C22H30N2O3/c1-15-4-6-18(7-5-15)14-23-8-10-24(11-9-23)21(25)19-12-16(2)17(3)13-20(19)22(26)27/h4-7,19-20H,8-14H2,1-3H3,(H,26,27)/t19-,20+/m0/s1. The number of carbonyl (C=O) groups excluding carboxylic acids is 1. The number of aryl methyl sites for hydroxylation is 1. The van der Waals surface area contributed by atoms with Crippen molar-refractivity contribution < 1.29 is 14.7 Å². The Kier molecular flexibility index (Phi) is 6.00. The number of allylic oxidation sites excluding steroid dienone is 2. The summed E-state index contributed by atoms with van der Waals surface area (Å²) in [7, 11) is 0. The Balaban J connectivity index is 1.59. The van der Waals surface area contributed by atoms with Crippen molar-refractivity contribution in [2.45, 2.75) is 40.2 Å². The van der Waals surface area contributed by atoms with Crippen molar-refractivity contribution in [1.82, 2.24) is 9.80 Å². The molecule has 0 radical (unpaired) electrons. The summed E-state index contributed by atoms with van der Waals surface area (Å²) in [5.74, 6) is -1.84. The molecule has 146 valence electrons. The van der Waals surface area contributed by atoms with Crippen LogP contribution in [0.25, 0.3) is 0 Å². The molecule has 0 saturated carbocycles. The Labute approximate surface area is 161 Å². The summed E-state index contributed by atoms with van der Waals surface area (Å²) in [5, 5.41) is 9.58. The minimum Gasteiger partial charge on any atom is -0.481 e. The number of piperazine rings is 1. The van der Waals surface area contributed by atoms with E-state index in [-0.39, 0.29) is 5.91 Å². The molecule has 3 rings (SSSR count). The fourth-order valence-electron chi connectivity index (χ4n) is 4.12. The molecule has 1 saturated heterocycles. The fraction of sp³-hybridized carbons (Fsp3) is 0.545. The second-order valence-electron chi connectivity index (χ2n) is 8.11. The summed E-state index contributed by atoms with van der Waals surface area (Å²) in [6.45, 7) is 10.00. The lowest BCUT2D eigenvalue weighted by molar-refractivity contribution is -0.151. The first-order valence-corrected chi connectivity index (χ1v) is 9.80. The molecule has 27 heavy (non-hydrogen) atoms. The van der Waals surface area contributed by atoms with E-state index in [2.05, 4.69) is 36.1 Å². The van der Waals surface area contributed by atoms with E-state index in [1.165, 1.54) is 16.7 Å². The molecule has 5 heteroatoms. The van der Waals surface area contributed by atoms with E-state index in [4.69, 9.17) is 0 Å². The number of benzene rings is 1. The van der Waals surface area contributed by atoms with Crippen LogP contribution in [-0.2, 0) is 16.1 Å². The van der Waals surface area contributed by atoms with Crippen LogP contribution < -0.4 is 0 Å². The van der Waals surface area contributed by atoms with Gasteiger partial charge < -0.3 is 10.0 Å². The monoisotopic (exact) mass is 370 g/mol. The number of amides is 1. The van der Waals surface area contributed by atoms with Crippen LogP contribution >= 0.6 is 0 Å². The number of hydrogen-bond acceptors (Lipinski definition) is 3. The third-order valence-corrected chi connectivity index (χ3v) is 6.11. The maximum atomic E-state index is 13.0. The highest BCUT2D eigenvalue weighted by Gasteiger charge is 2.39. The molecule has 5 nitrogen and oxygen atoms in total. The topological polar surface area (TPSA) is 60.9 Å². The van der Waals surface area contributed by atoms with Crippen LogP contribution in [0.15, 0.2) is 35.4 Å². The molecule has 1 amide bonds. The smallest absolute Gasteiger partial charge is 0.307 e. The molecule has 0 unspecified atom stereocenters. The Morgan fingerprint density at radius 2 is 1.48 bits per heavy atom. The van der Waals surface area contributed by atoms with Crippen LogP contribution in [0.1, 0.15) is 37.8 Å². The van der Waals surface area contributed by atoms with Crippen molar-refractivity contribution in [1.29, 1.82) is 0 Å². The fourth-order valence-corrected chi connectivity index (χ4v) is 4.12. The van der Waals surface area contributed by atoms with Crippen molar-refractivity contribution in [2.75, 3.05) is 26.2 Å². The lowest BCUT2D eigenvalue weighted by atomic mass is 9.76. The lowest BCUT2D eigenvalue weighted by Crippen LogP contribution is -2.51. The summed E-state index contributed by atoms with van der Waals surface area (Å²) in [5.41, 5.74) is 4.84. The zero-order valence-electron chi connectivity index (χ0n) is 16.6. The Bertz CT molecular complexity index is 730. The van der Waals surface area contributed by atoms with Gasteiger partial charge in [-0.1, -0.05) is 41.0 Å². The molecule has 1 aliphatic heterocycles. The van der Waals surface area contributed by atoms with Crippen LogP contribution in [0.2, 0.25) is 0 Å². The van der Waals surface area contributed by atoms with E-state index in [0.29, 0.717) is 25.9 Å². The molecule has 1 aromatic carbocycles. The van der Waals surface area contributed by atoms with Crippen LogP contribution in [0, 0.1) is 18.8 Å². The summed E-state index contributed by atoms with van der Waals surface area (Å²) in [6, 6.07) is 8.57. The van der Waals surface area contributed by atoms with Gasteiger partial charge in [0.05, 0.1) is 11.8 Å². The van der Waals surface area contributed by atoms with Gasteiger partial charge >= 0.3 is 5.97 Å². The van der Waals surface area contributed by atoms with E-state index >= 15 is 0 Å². The van der Waals surface area contributed by atoms with E-state index < -0.39 is 17.8 Å². The summed E-state index contributed by atoms with van der Waals surface area (Å²) in [6.07, 6.45) is 1.07. The maximum absolute atomic E-state index is 13.0. The molecule has 1 aliphatic carbocycles. The zero-order chi connectivity index (χ0) is 19.6. The number of carbonyl (C=O) groups is 2. The number of nitrogens with zero attached hydrogens (tertiary/aromatic N) is 2. The van der Waals surface area contributed by atoms with Gasteiger partial charge in [0.25, 0.3) is 0 Å². The van der Waals surface area contributed by atoms with E-state index in [9.17, 15) is 14.7 Å². The highest BCUT2D eigenvalue weighted by atomic mass is 16.4. The summed E-state index contributed by atoms with van der Waals surface area (Å²) < 4.78 is 0. The van der Waals surface area contributed by atoms with Gasteiger partial charge in [-0.15, -0.1) is 0 Å². The second-order valence-corrected chi connectivity index (χ2v) is 8.11. The highest BCUT2D eigenvalue weighted by Crippen LogP contribution is 2.35. The minimum absolute atomic E-state index is 0.0178. The lowest BCUT2D eigenvalue weighted by Gasteiger charge is -2.38. The molecular formula is C22H30N2O3. The first-order valence-electron chi connectivity index (χ1n) is 9.80. The molecule has 2 atom stereocenters. The largest absolute Gasteiger partial charge is 0.481 e. The average molecular weight is 370 g/mol. The number of rotatable bonds is 4. The van der Waals surface area contributed by atoms with Gasteiger partial charge in [-0.2, -0.15) is 0 Å². The van der Waals surface area contributed by atoms with Crippen molar-refractivity contribution in [2.24, 2.45) is 11.8 Å². The van der Waals surface area contributed by atoms with Gasteiger partial charge in [-0.25, -0.2) is 0 Å². The van der Waals surface area contributed by atoms with Gasteiger partial charge in [-0.05, 0) is 39.2 Å². The number of carboxylic acids is 1. The molecule has 1 N–H and O–H groups in total. The second kappa shape index (κ2) is 8.26. The van der Waals surface area contributed by atoms with Crippen molar-refractivity contribution in [3.63, 3.8) is 0 Å². The summed E-state index contributed by atoms with van der Waals surface area (Å²) >= 11 is 0. The maximum Gasteiger partial charge on any atom is 0.307 e. The molecule has 2 aliphatic rings. The Morgan fingerprint density at radius 1 is 0.926 bits per heavy atom. The molecule has 0 aromatic heterocycles. The number of carboxylic acid groups (broad SMARTS) is 1. The Hall–Kier alpha value is -2.14. The third kappa shape index (κ3) is 4.59. The molecule has 0 bridgehead atoms. The van der Waals surface area contributed by atoms with Gasteiger partial charge in [0, 0.05) is 32.7 Å². The highest BCUT2D eigenvalue weighted by molar-refractivity contribution is 5.85. The first kappa shape index (κ1) is 19.6. The van der Waals surface area contributed by atoms with Crippen LogP contribution in [0.3, 0.4) is 0 Å². The number of hydrogen-bond donors (Lipinski definition) is 1. The van der Waals surface area contributed by atoms with E-state index in [1.807, 2.05) is 18.7 Å². The van der Waals surface area contributed by atoms with E-state index in [1.54, 1.807) is 0 Å². The molecule has 1 aromatic rings. The molecule has 1 fully saturated rings. The van der Waals surface area contributed by atoms with Crippen molar-refractivity contribution in [3.8, 4) is 0 Å². The van der Waals surface area contributed by atoms with Crippen LogP contribution in [-0.4, -0.2) is 53.0 Å².